The predicted molar refractivity (Wildman–Crippen MR) is 101 cm³/mol. The van der Waals surface area contributed by atoms with Gasteiger partial charge < -0.3 is 35.1 Å². The summed E-state index contributed by atoms with van der Waals surface area (Å²) in [5.41, 5.74) is -5.40. The molecule has 0 saturated carbocycles. The lowest BCUT2D eigenvalue weighted by Crippen LogP contribution is -2.83. The topological polar surface area (TPSA) is 126 Å². The van der Waals surface area contributed by atoms with Gasteiger partial charge in [-0.1, -0.05) is 6.92 Å². The summed E-state index contributed by atoms with van der Waals surface area (Å²) in [6.45, 7) is 7.12. The average Bonchev–Trinajstić information content (AvgIpc) is 2.90. The highest BCUT2D eigenvalue weighted by Gasteiger charge is 2.66. The number of fused-ring (bicyclic) bond motifs is 5. The zero-order chi connectivity index (χ0) is 20.8. The second-order valence-electron chi connectivity index (χ2n) is 8.33. The fraction of sp³-hybridized carbons (Fsp3) is 0.889. The van der Waals surface area contributed by atoms with Crippen LogP contribution in [0.25, 0.3) is 0 Å². The minimum Gasteiger partial charge on any atom is -0.384 e. The van der Waals surface area contributed by atoms with Gasteiger partial charge in [0.05, 0.1) is 13.2 Å². The number of thioether (sulfide) groups is 1. The minimum atomic E-state index is -2.07. The van der Waals surface area contributed by atoms with Crippen molar-refractivity contribution in [3.63, 3.8) is 0 Å². The van der Waals surface area contributed by atoms with Gasteiger partial charge in [-0.2, -0.15) is 11.8 Å². The van der Waals surface area contributed by atoms with Gasteiger partial charge in [0.15, 0.2) is 5.79 Å². The number of hydrogen-bond donors (Lipinski definition) is 4. The summed E-state index contributed by atoms with van der Waals surface area (Å²) < 4.78 is 17.1. The van der Waals surface area contributed by atoms with E-state index in [0.717, 1.165) is 12.2 Å². The minimum absolute atomic E-state index is 0.00990. The van der Waals surface area contributed by atoms with E-state index in [0.29, 0.717) is 12.2 Å². The Hall–Kier alpha value is -0.910. The van der Waals surface area contributed by atoms with E-state index in [1.165, 1.54) is 0 Å². The Morgan fingerprint density at radius 1 is 1.21 bits per heavy atom. The van der Waals surface area contributed by atoms with Crippen molar-refractivity contribution in [1.29, 1.82) is 0 Å². The van der Waals surface area contributed by atoms with Gasteiger partial charge in [0.2, 0.25) is 5.72 Å². The number of nitrogens with one attached hydrogen (secondary N) is 2. The number of carbonyl (C=O) groups is 2. The lowest BCUT2D eigenvalue weighted by atomic mass is 9.83. The van der Waals surface area contributed by atoms with Gasteiger partial charge in [0.25, 0.3) is 17.5 Å². The molecule has 0 aromatic heterocycles. The molecule has 4 aliphatic rings. The molecule has 2 amide bonds. The van der Waals surface area contributed by atoms with Gasteiger partial charge in [-0.25, -0.2) is 0 Å². The lowest BCUT2D eigenvalue weighted by Gasteiger charge is -2.51. The molecule has 4 aliphatic heterocycles. The van der Waals surface area contributed by atoms with Crippen LogP contribution in [0.2, 0.25) is 0 Å². The van der Waals surface area contributed by atoms with Crippen molar-refractivity contribution >= 4 is 23.6 Å². The quantitative estimate of drug-likeness (QED) is 0.433. The molecular formula is C18H30N2O7S. The first-order valence-electron chi connectivity index (χ1n) is 9.60. The van der Waals surface area contributed by atoms with Crippen molar-refractivity contribution in [3.05, 3.63) is 0 Å². The predicted octanol–water partition coefficient (Wildman–Crippen LogP) is -0.300. The first-order chi connectivity index (χ1) is 13.0. The van der Waals surface area contributed by atoms with Crippen LogP contribution in [0.15, 0.2) is 0 Å². The van der Waals surface area contributed by atoms with Crippen LogP contribution in [0.3, 0.4) is 0 Å². The Labute approximate surface area is 168 Å². The van der Waals surface area contributed by atoms with Crippen molar-refractivity contribution in [1.82, 2.24) is 10.6 Å². The van der Waals surface area contributed by atoms with Crippen molar-refractivity contribution < 1.29 is 34.0 Å². The van der Waals surface area contributed by atoms with E-state index in [-0.39, 0.29) is 13.2 Å². The number of rotatable bonds is 6. The van der Waals surface area contributed by atoms with Crippen LogP contribution < -0.4 is 10.6 Å². The molecule has 28 heavy (non-hydrogen) atoms. The lowest BCUT2D eigenvalue weighted by molar-refractivity contribution is -0.247. The number of hydrogen-bond acceptors (Lipinski definition) is 8. The summed E-state index contributed by atoms with van der Waals surface area (Å²) in [5.74, 6) is -1.68. The molecule has 0 spiro atoms. The molecule has 4 heterocycles. The molecule has 4 saturated heterocycles. The van der Waals surface area contributed by atoms with Gasteiger partial charge in [-0.3, -0.25) is 9.59 Å². The number of aliphatic hydroxyl groups excluding tert-OH is 1. The fourth-order valence-electron chi connectivity index (χ4n) is 3.95. The van der Waals surface area contributed by atoms with Crippen molar-refractivity contribution in [2.45, 2.75) is 69.5 Å². The summed E-state index contributed by atoms with van der Waals surface area (Å²) in [7, 11) is 0. The summed E-state index contributed by atoms with van der Waals surface area (Å²) in [6.07, 6.45) is -0.229. The third-order valence-electron chi connectivity index (χ3n) is 5.49. The Bertz CT molecular complexity index is 647. The van der Waals surface area contributed by atoms with E-state index >= 15 is 0 Å². The number of aliphatic hydroxyl groups is 2. The second-order valence-corrected chi connectivity index (χ2v) is 9.47. The number of carbonyl (C=O) groups excluding carboxylic acids is 2. The fourth-order valence-corrected chi connectivity index (χ4v) is 5.10. The van der Waals surface area contributed by atoms with Gasteiger partial charge in [0, 0.05) is 11.7 Å². The Kier molecular flexibility index (Phi) is 5.76. The highest BCUT2D eigenvalue weighted by atomic mass is 32.2. The van der Waals surface area contributed by atoms with Crippen LogP contribution in [0.4, 0.5) is 0 Å². The molecule has 5 atom stereocenters. The second kappa shape index (κ2) is 7.41. The molecule has 0 aliphatic carbocycles. The standard InChI is InChI=1S/C18H30N2O7S/c1-5-8-28-9-11-6-7-25-18(14(23)19-17(11,24)13(22)20-18)12(21)16(4)10-26-15(2,3)27-16/h11-12,21,24H,5-10H2,1-4H3,(H,19,23)(H,20,22)/t11?,12-,16-,17+,18-/m0/s1. The van der Waals surface area contributed by atoms with Gasteiger partial charge >= 0.3 is 0 Å². The molecule has 10 heteroatoms. The van der Waals surface area contributed by atoms with Crippen LogP contribution in [0.5, 0.6) is 0 Å². The van der Waals surface area contributed by atoms with E-state index in [9.17, 15) is 19.8 Å². The zero-order valence-corrected chi connectivity index (χ0v) is 17.6. The van der Waals surface area contributed by atoms with Crippen molar-refractivity contribution in [2.75, 3.05) is 24.7 Å². The summed E-state index contributed by atoms with van der Waals surface area (Å²) in [4.78, 5) is 25.9. The maximum Gasteiger partial charge on any atom is 0.278 e. The molecule has 4 rings (SSSR count). The van der Waals surface area contributed by atoms with E-state index in [1.54, 1.807) is 32.5 Å². The molecule has 160 valence electrons. The smallest absolute Gasteiger partial charge is 0.278 e. The molecule has 4 N–H and O–H groups in total. The molecule has 0 aromatic rings. The SMILES string of the molecule is CCCSCC1CCO[C@]2([C@@H](O)[C@]3(C)COC(C)(C)O3)NC(=O)[C@@]1(O)NC2=O. The summed E-state index contributed by atoms with van der Waals surface area (Å²) in [6, 6.07) is 0. The largest absolute Gasteiger partial charge is 0.384 e. The summed E-state index contributed by atoms with van der Waals surface area (Å²) >= 11 is 1.61. The maximum absolute atomic E-state index is 13.0. The van der Waals surface area contributed by atoms with Crippen LogP contribution in [0, 0.1) is 5.92 Å². The van der Waals surface area contributed by atoms with Gasteiger partial charge in [-0.15, -0.1) is 0 Å². The van der Waals surface area contributed by atoms with Gasteiger partial charge in [-0.05, 0) is 39.4 Å². The molecule has 4 fully saturated rings. The third-order valence-corrected chi connectivity index (χ3v) is 6.82. The molecule has 1 unspecified atom stereocenters. The van der Waals surface area contributed by atoms with E-state index in [1.807, 2.05) is 6.92 Å². The van der Waals surface area contributed by atoms with E-state index in [4.69, 9.17) is 14.2 Å². The Morgan fingerprint density at radius 3 is 2.54 bits per heavy atom. The van der Waals surface area contributed by atoms with Crippen LogP contribution >= 0.6 is 11.8 Å². The first kappa shape index (κ1) is 21.8. The highest BCUT2D eigenvalue weighted by Crippen LogP contribution is 2.40. The third kappa shape index (κ3) is 3.54. The van der Waals surface area contributed by atoms with Crippen LogP contribution in [-0.4, -0.2) is 75.7 Å². The number of ether oxygens (including phenoxy) is 3. The van der Waals surface area contributed by atoms with Gasteiger partial charge in [0.1, 0.15) is 11.7 Å². The normalized spacial score (nSPS) is 41.1. The van der Waals surface area contributed by atoms with E-state index < -0.39 is 46.7 Å². The van der Waals surface area contributed by atoms with Crippen LogP contribution in [-0.2, 0) is 23.8 Å². The van der Waals surface area contributed by atoms with Crippen LogP contribution in [0.1, 0.15) is 40.5 Å². The van der Waals surface area contributed by atoms with E-state index in [2.05, 4.69) is 10.6 Å². The molecular weight excluding hydrogens is 388 g/mol. The monoisotopic (exact) mass is 418 g/mol. The molecule has 2 bridgehead atoms. The highest BCUT2D eigenvalue weighted by molar-refractivity contribution is 7.99. The Balaban J connectivity index is 1.86. The molecule has 0 radical (unpaired) electrons. The molecule has 0 aromatic carbocycles. The first-order valence-corrected chi connectivity index (χ1v) is 10.8. The molecule has 9 nitrogen and oxygen atoms in total. The maximum atomic E-state index is 13.0. The van der Waals surface area contributed by atoms with Crippen molar-refractivity contribution in [2.24, 2.45) is 5.92 Å². The average molecular weight is 419 g/mol. The van der Waals surface area contributed by atoms with Crippen molar-refractivity contribution in [3.8, 4) is 0 Å². The number of piperazine rings is 1. The Morgan fingerprint density at radius 2 is 1.93 bits per heavy atom. The number of amides is 2. The summed E-state index contributed by atoms with van der Waals surface area (Å²) in [5, 5.41) is 26.9. The zero-order valence-electron chi connectivity index (χ0n) is 16.7.